The van der Waals surface area contributed by atoms with Gasteiger partial charge in [0.15, 0.2) is 4.73 Å². The summed E-state index contributed by atoms with van der Waals surface area (Å²) < 4.78 is 2.43. The van der Waals surface area contributed by atoms with Crippen molar-refractivity contribution in [1.29, 1.82) is 0 Å². The Labute approximate surface area is 83.8 Å². The van der Waals surface area contributed by atoms with Crippen LogP contribution < -0.4 is 0 Å². The molecule has 0 fully saturated rings. The normalized spacial score (nSPS) is 10.3. The standard InChI is InChI=1S/C8H7BrN4/c1-6-4-13(5-11-6)7-2-3-10-8(9)12-7/h2-5H,1H3. The number of imidazole rings is 1. The molecule has 4 nitrogen and oxygen atoms in total. The number of hydrogen-bond donors (Lipinski definition) is 0. The smallest absolute Gasteiger partial charge is 0.198 e. The molecule has 0 aromatic carbocycles. The van der Waals surface area contributed by atoms with Crippen LogP contribution in [0.1, 0.15) is 5.69 Å². The summed E-state index contributed by atoms with van der Waals surface area (Å²) >= 11 is 3.21. The summed E-state index contributed by atoms with van der Waals surface area (Å²) in [6.45, 7) is 1.94. The Kier molecular flexibility index (Phi) is 2.10. The maximum atomic E-state index is 4.19. The lowest BCUT2D eigenvalue weighted by Gasteiger charge is -1.98. The van der Waals surface area contributed by atoms with Crippen molar-refractivity contribution in [3.63, 3.8) is 0 Å². The molecule has 2 rings (SSSR count). The Morgan fingerprint density at radius 1 is 1.38 bits per heavy atom. The average Bonchev–Trinajstić information content (AvgIpc) is 2.52. The highest BCUT2D eigenvalue weighted by atomic mass is 79.9. The van der Waals surface area contributed by atoms with E-state index in [0.29, 0.717) is 4.73 Å². The molecule has 0 aliphatic heterocycles. The summed E-state index contributed by atoms with van der Waals surface area (Å²) in [6, 6.07) is 1.83. The van der Waals surface area contributed by atoms with Crippen LogP contribution in [0, 0.1) is 6.92 Å². The van der Waals surface area contributed by atoms with Crippen LogP contribution in [-0.2, 0) is 0 Å². The maximum absolute atomic E-state index is 4.19. The Balaban J connectivity index is 2.46. The van der Waals surface area contributed by atoms with Gasteiger partial charge in [0.25, 0.3) is 0 Å². The van der Waals surface area contributed by atoms with Crippen molar-refractivity contribution >= 4 is 15.9 Å². The van der Waals surface area contributed by atoms with Crippen molar-refractivity contribution < 1.29 is 0 Å². The minimum atomic E-state index is 0.580. The molecule has 0 spiro atoms. The number of aryl methyl sites for hydroxylation is 1. The first-order chi connectivity index (χ1) is 6.25. The van der Waals surface area contributed by atoms with E-state index < -0.39 is 0 Å². The van der Waals surface area contributed by atoms with E-state index in [2.05, 4.69) is 30.9 Å². The van der Waals surface area contributed by atoms with E-state index >= 15 is 0 Å². The van der Waals surface area contributed by atoms with Crippen molar-refractivity contribution in [2.45, 2.75) is 6.92 Å². The van der Waals surface area contributed by atoms with Gasteiger partial charge in [-0.3, -0.25) is 4.57 Å². The molecule has 0 N–H and O–H groups in total. The molecule has 0 atom stereocenters. The van der Waals surface area contributed by atoms with E-state index in [0.717, 1.165) is 11.5 Å². The highest BCUT2D eigenvalue weighted by molar-refractivity contribution is 9.10. The fraction of sp³-hybridized carbons (Fsp3) is 0.125. The molecule has 0 aliphatic rings. The molecular formula is C8H7BrN4. The third kappa shape index (κ3) is 1.75. The molecule has 5 heteroatoms. The molecule has 2 aromatic heterocycles. The van der Waals surface area contributed by atoms with Gasteiger partial charge in [-0.25, -0.2) is 15.0 Å². The van der Waals surface area contributed by atoms with Gasteiger partial charge in [-0.2, -0.15) is 0 Å². The second-order valence-corrected chi connectivity index (χ2v) is 3.32. The van der Waals surface area contributed by atoms with E-state index in [-0.39, 0.29) is 0 Å². The Morgan fingerprint density at radius 2 is 2.23 bits per heavy atom. The molecular weight excluding hydrogens is 232 g/mol. The number of hydrogen-bond acceptors (Lipinski definition) is 3. The third-order valence-electron chi connectivity index (χ3n) is 1.59. The van der Waals surface area contributed by atoms with Crippen LogP contribution in [0.2, 0.25) is 0 Å². The molecule has 0 unspecified atom stereocenters. The molecule has 0 saturated heterocycles. The van der Waals surface area contributed by atoms with Crippen LogP contribution in [-0.4, -0.2) is 19.5 Å². The SMILES string of the molecule is Cc1cn(-c2ccnc(Br)n2)cn1. The first-order valence-corrected chi connectivity index (χ1v) is 4.54. The Bertz CT molecular complexity index is 424. The van der Waals surface area contributed by atoms with E-state index in [4.69, 9.17) is 0 Å². The first-order valence-electron chi connectivity index (χ1n) is 3.75. The fourth-order valence-corrected chi connectivity index (χ4v) is 1.32. The topological polar surface area (TPSA) is 43.6 Å². The molecule has 13 heavy (non-hydrogen) atoms. The minimum Gasteiger partial charge on any atom is -0.290 e. The summed E-state index contributed by atoms with van der Waals surface area (Å²) in [4.78, 5) is 12.2. The predicted octanol–water partition coefficient (Wildman–Crippen LogP) is 1.73. The number of halogens is 1. The van der Waals surface area contributed by atoms with Gasteiger partial charge in [0, 0.05) is 12.4 Å². The maximum Gasteiger partial charge on any atom is 0.198 e. The number of nitrogens with zero attached hydrogens (tertiary/aromatic N) is 4. The third-order valence-corrected chi connectivity index (χ3v) is 1.97. The summed E-state index contributed by atoms with van der Waals surface area (Å²) in [6.07, 6.45) is 5.33. The van der Waals surface area contributed by atoms with Crippen LogP contribution in [0.25, 0.3) is 5.82 Å². The molecule has 0 bridgehead atoms. The molecule has 0 aliphatic carbocycles. The van der Waals surface area contributed by atoms with E-state index in [9.17, 15) is 0 Å². The molecule has 2 heterocycles. The predicted molar refractivity (Wildman–Crippen MR) is 51.6 cm³/mol. The zero-order valence-corrected chi connectivity index (χ0v) is 8.56. The molecule has 0 radical (unpaired) electrons. The van der Waals surface area contributed by atoms with Gasteiger partial charge < -0.3 is 0 Å². The van der Waals surface area contributed by atoms with Crippen LogP contribution in [0.15, 0.2) is 29.5 Å². The zero-order valence-electron chi connectivity index (χ0n) is 6.98. The lowest BCUT2D eigenvalue weighted by Crippen LogP contribution is -1.95. The zero-order chi connectivity index (χ0) is 9.26. The van der Waals surface area contributed by atoms with Crippen molar-refractivity contribution in [3.8, 4) is 5.82 Å². The van der Waals surface area contributed by atoms with Crippen molar-refractivity contribution in [2.24, 2.45) is 0 Å². The molecule has 2 aromatic rings. The van der Waals surface area contributed by atoms with Crippen molar-refractivity contribution in [1.82, 2.24) is 19.5 Å². The largest absolute Gasteiger partial charge is 0.290 e. The number of rotatable bonds is 1. The summed E-state index contributed by atoms with van der Waals surface area (Å²) in [5.41, 5.74) is 0.967. The van der Waals surface area contributed by atoms with Crippen LogP contribution in [0.4, 0.5) is 0 Å². The number of aromatic nitrogens is 4. The fourth-order valence-electron chi connectivity index (χ4n) is 1.02. The van der Waals surface area contributed by atoms with Gasteiger partial charge >= 0.3 is 0 Å². The van der Waals surface area contributed by atoms with Crippen LogP contribution in [0.5, 0.6) is 0 Å². The Hall–Kier alpha value is -1.23. The second-order valence-electron chi connectivity index (χ2n) is 2.61. The minimum absolute atomic E-state index is 0.580. The van der Waals surface area contributed by atoms with E-state index in [1.807, 2.05) is 23.8 Å². The monoisotopic (exact) mass is 238 g/mol. The van der Waals surface area contributed by atoms with Gasteiger partial charge in [0.1, 0.15) is 12.1 Å². The highest BCUT2D eigenvalue weighted by Crippen LogP contribution is 2.07. The first kappa shape index (κ1) is 8.37. The Morgan fingerprint density at radius 3 is 2.85 bits per heavy atom. The summed E-state index contributed by atoms with van der Waals surface area (Å²) in [7, 11) is 0. The lowest BCUT2D eigenvalue weighted by atomic mass is 10.5. The van der Waals surface area contributed by atoms with Gasteiger partial charge in [-0.15, -0.1) is 0 Å². The van der Waals surface area contributed by atoms with Crippen LogP contribution >= 0.6 is 15.9 Å². The molecule has 0 saturated carbocycles. The molecule has 0 amide bonds. The lowest BCUT2D eigenvalue weighted by molar-refractivity contribution is 0.953. The quantitative estimate of drug-likeness (QED) is 0.712. The molecule has 66 valence electrons. The van der Waals surface area contributed by atoms with Crippen LogP contribution in [0.3, 0.4) is 0 Å². The van der Waals surface area contributed by atoms with E-state index in [1.165, 1.54) is 0 Å². The van der Waals surface area contributed by atoms with Crippen molar-refractivity contribution in [3.05, 3.63) is 35.2 Å². The second kappa shape index (κ2) is 3.26. The van der Waals surface area contributed by atoms with Gasteiger partial charge in [0.2, 0.25) is 0 Å². The highest BCUT2D eigenvalue weighted by Gasteiger charge is 1.99. The van der Waals surface area contributed by atoms with Gasteiger partial charge in [0.05, 0.1) is 5.69 Å². The summed E-state index contributed by atoms with van der Waals surface area (Å²) in [5, 5.41) is 0. The van der Waals surface area contributed by atoms with Gasteiger partial charge in [-0.05, 0) is 28.9 Å². The average molecular weight is 239 g/mol. The van der Waals surface area contributed by atoms with E-state index in [1.54, 1.807) is 12.5 Å². The van der Waals surface area contributed by atoms with Crippen molar-refractivity contribution in [2.75, 3.05) is 0 Å². The van der Waals surface area contributed by atoms with Gasteiger partial charge in [-0.1, -0.05) is 0 Å². The summed E-state index contributed by atoms with van der Waals surface area (Å²) in [5.74, 6) is 0.808.